The third-order valence-electron chi connectivity index (χ3n) is 5.86. The van der Waals surface area contributed by atoms with Crippen molar-refractivity contribution >= 4 is 9.04 Å². The Hall–Kier alpha value is -1.64. The molecule has 1 saturated carbocycles. The van der Waals surface area contributed by atoms with Gasteiger partial charge in [0.1, 0.15) is 0 Å². The van der Waals surface area contributed by atoms with E-state index in [0.717, 1.165) is 12.5 Å². The lowest BCUT2D eigenvalue weighted by Gasteiger charge is -2.38. The molecule has 24 heavy (non-hydrogen) atoms. The van der Waals surface area contributed by atoms with Crippen molar-refractivity contribution in [3.8, 4) is 0 Å². The third-order valence-corrected chi connectivity index (χ3v) is 9.77. The highest BCUT2D eigenvalue weighted by atomic mass is 28.3. The van der Waals surface area contributed by atoms with Crippen LogP contribution in [-0.2, 0) is 4.43 Å². The van der Waals surface area contributed by atoms with Crippen LogP contribution >= 0.6 is 0 Å². The van der Waals surface area contributed by atoms with Crippen molar-refractivity contribution < 1.29 is 4.43 Å². The second-order valence-electron chi connectivity index (χ2n) is 7.27. The van der Waals surface area contributed by atoms with E-state index in [0.29, 0.717) is 10.6 Å². The van der Waals surface area contributed by atoms with Gasteiger partial charge in [-0.3, -0.25) is 0 Å². The molecule has 0 spiro atoms. The van der Waals surface area contributed by atoms with Gasteiger partial charge in [-0.25, -0.2) is 0 Å². The zero-order chi connectivity index (χ0) is 16.4. The van der Waals surface area contributed by atoms with Crippen molar-refractivity contribution in [3.63, 3.8) is 0 Å². The fourth-order valence-electron chi connectivity index (χ4n) is 4.78. The highest BCUT2D eigenvalue weighted by Crippen LogP contribution is 2.59. The minimum atomic E-state index is -1.54. The molecular formula is C22H26OSi. The normalized spacial score (nSPS) is 26.2. The summed E-state index contributed by atoms with van der Waals surface area (Å²) in [5.41, 5.74) is 3.27. The smallest absolute Gasteiger partial charge is 0.198 e. The van der Waals surface area contributed by atoms with Crippen LogP contribution in [-0.4, -0.2) is 15.6 Å². The zero-order valence-corrected chi connectivity index (χ0v) is 15.6. The Labute approximate surface area is 147 Å². The Balaban J connectivity index is 1.80. The Morgan fingerprint density at radius 1 is 1.04 bits per heavy atom. The summed E-state index contributed by atoms with van der Waals surface area (Å²) in [5, 5.41) is 0.344. The molecule has 1 fully saturated rings. The minimum absolute atomic E-state index is 0.344. The molecule has 0 amide bonds. The van der Waals surface area contributed by atoms with Gasteiger partial charge in [-0.05, 0) is 43.2 Å². The molecule has 2 aromatic rings. The first-order valence-corrected chi connectivity index (χ1v) is 10.9. The molecule has 0 saturated heterocycles. The maximum atomic E-state index is 6.61. The largest absolute Gasteiger partial charge is 0.419 e. The standard InChI is InChI=1S/C22H26OSi/c1-2-23-24(22-15-13-18(17-22)14-16-22)21(19-9-5-3-6-10-19)20-11-7-4-8-12-20/h3-13,15,18,21,24H,2,14,16-17H2,1H3. The molecule has 4 rings (SSSR count). The first-order chi connectivity index (χ1) is 11.8. The van der Waals surface area contributed by atoms with Crippen molar-refractivity contribution in [2.45, 2.75) is 36.8 Å². The average Bonchev–Trinajstić information content (AvgIpc) is 3.25. The van der Waals surface area contributed by atoms with Crippen LogP contribution in [0.5, 0.6) is 0 Å². The molecule has 2 aliphatic rings. The zero-order valence-electron chi connectivity index (χ0n) is 14.4. The Bertz CT molecular complexity index is 657. The lowest BCUT2D eigenvalue weighted by atomic mass is 10.0. The highest BCUT2D eigenvalue weighted by molar-refractivity contribution is 6.59. The van der Waals surface area contributed by atoms with Gasteiger partial charge in [0.25, 0.3) is 0 Å². The lowest BCUT2D eigenvalue weighted by molar-refractivity contribution is 0.316. The monoisotopic (exact) mass is 334 g/mol. The SMILES string of the molecule is CCO[SiH](C(c1ccccc1)c1ccccc1)C12C=CC(CC1)C2. The molecule has 1 nitrogen and oxygen atoms in total. The molecule has 0 aromatic heterocycles. The number of hydrogen-bond donors (Lipinski definition) is 0. The molecule has 0 heterocycles. The summed E-state index contributed by atoms with van der Waals surface area (Å²) < 4.78 is 6.61. The molecular weight excluding hydrogens is 308 g/mol. The molecule has 3 unspecified atom stereocenters. The summed E-state index contributed by atoms with van der Waals surface area (Å²) >= 11 is 0. The summed E-state index contributed by atoms with van der Waals surface area (Å²) in [6.45, 7) is 2.99. The van der Waals surface area contributed by atoms with Crippen LogP contribution in [0.15, 0.2) is 72.8 Å². The van der Waals surface area contributed by atoms with Gasteiger partial charge >= 0.3 is 0 Å². The fourth-order valence-corrected chi connectivity index (χ4v) is 8.76. The van der Waals surface area contributed by atoms with Gasteiger partial charge < -0.3 is 4.43 Å². The number of benzene rings is 2. The van der Waals surface area contributed by atoms with E-state index in [1.165, 1.54) is 30.4 Å². The molecule has 0 N–H and O–H groups in total. The molecule has 3 atom stereocenters. The molecule has 0 radical (unpaired) electrons. The Morgan fingerprint density at radius 2 is 1.67 bits per heavy atom. The van der Waals surface area contributed by atoms with Gasteiger partial charge in [-0.2, -0.15) is 0 Å². The van der Waals surface area contributed by atoms with Gasteiger partial charge in [0.15, 0.2) is 9.04 Å². The van der Waals surface area contributed by atoms with Crippen molar-refractivity contribution in [3.05, 3.63) is 83.9 Å². The maximum absolute atomic E-state index is 6.61. The van der Waals surface area contributed by atoms with Crippen LogP contribution in [0, 0.1) is 5.92 Å². The molecule has 2 aromatic carbocycles. The summed E-state index contributed by atoms with van der Waals surface area (Å²) in [7, 11) is -1.54. The first-order valence-electron chi connectivity index (χ1n) is 9.23. The first kappa shape index (κ1) is 15.9. The van der Waals surface area contributed by atoms with E-state index < -0.39 is 9.04 Å². The summed E-state index contributed by atoms with van der Waals surface area (Å²) in [6, 6.07) is 22.1. The predicted molar refractivity (Wildman–Crippen MR) is 103 cm³/mol. The molecule has 2 bridgehead atoms. The fraction of sp³-hybridized carbons (Fsp3) is 0.364. The van der Waals surface area contributed by atoms with Crippen molar-refractivity contribution in [2.75, 3.05) is 6.61 Å². The van der Waals surface area contributed by atoms with Crippen molar-refractivity contribution in [2.24, 2.45) is 5.92 Å². The Morgan fingerprint density at radius 3 is 2.08 bits per heavy atom. The molecule has 0 aliphatic heterocycles. The van der Waals surface area contributed by atoms with Crippen molar-refractivity contribution in [1.29, 1.82) is 0 Å². The average molecular weight is 335 g/mol. The third kappa shape index (κ3) is 2.78. The van der Waals surface area contributed by atoms with Crippen LogP contribution in [0.3, 0.4) is 0 Å². The van der Waals surface area contributed by atoms with Crippen LogP contribution in [0.2, 0.25) is 5.04 Å². The van der Waals surface area contributed by atoms with E-state index in [2.05, 4.69) is 79.7 Å². The van der Waals surface area contributed by atoms with Crippen LogP contribution in [0.1, 0.15) is 42.9 Å². The van der Waals surface area contributed by atoms with Crippen LogP contribution in [0.25, 0.3) is 0 Å². The predicted octanol–water partition coefficient (Wildman–Crippen LogP) is 5.23. The number of fused-ring (bicyclic) bond motifs is 2. The van der Waals surface area contributed by atoms with Gasteiger partial charge in [-0.15, -0.1) is 0 Å². The van der Waals surface area contributed by atoms with E-state index in [-0.39, 0.29) is 0 Å². The number of rotatable bonds is 6. The molecule has 2 aliphatic carbocycles. The maximum Gasteiger partial charge on any atom is 0.198 e. The number of allylic oxidation sites excluding steroid dienone is 2. The summed E-state index contributed by atoms with van der Waals surface area (Å²) in [6.07, 6.45) is 8.99. The summed E-state index contributed by atoms with van der Waals surface area (Å²) in [5.74, 6) is 0.799. The number of hydrogen-bond acceptors (Lipinski definition) is 1. The highest BCUT2D eigenvalue weighted by Gasteiger charge is 2.51. The van der Waals surface area contributed by atoms with E-state index >= 15 is 0 Å². The van der Waals surface area contributed by atoms with Gasteiger partial charge in [0.05, 0.1) is 0 Å². The van der Waals surface area contributed by atoms with E-state index in [9.17, 15) is 0 Å². The minimum Gasteiger partial charge on any atom is -0.419 e. The summed E-state index contributed by atoms with van der Waals surface area (Å²) in [4.78, 5) is 0. The second-order valence-corrected chi connectivity index (χ2v) is 10.3. The topological polar surface area (TPSA) is 9.23 Å². The van der Waals surface area contributed by atoms with Crippen molar-refractivity contribution in [1.82, 2.24) is 0 Å². The quantitative estimate of drug-likeness (QED) is 0.519. The van der Waals surface area contributed by atoms with E-state index in [1.54, 1.807) is 0 Å². The molecule has 2 heteroatoms. The molecule has 124 valence electrons. The van der Waals surface area contributed by atoms with E-state index in [1.807, 2.05) is 0 Å². The van der Waals surface area contributed by atoms with Gasteiger partial charge in [-0.1, -0.05) is 72.8 Å². The lowest BCUT2D eigenvalue weighted by Crippen LogP contribution is -2.39. The van der Waals surface area contributed by atoms with Crippen LogP contribution < -0.4 is 0 Å². The van der Waals surface area contributed by atoms with Crippen LogP contribution in [0.4, 0.5) is 0 Å². The van der Waals surface area contributed by atoms with E-state index in [4.69, 9.17) is 4.43 Å². The van der Waals surface area contributed by atoms with Gasteiger partial charge in [0, 0.05) is 17.2 Å². The van der Waals surface area contributed by atoms with Gasteiger partial charge in [0.2, 0.25) is 0 Å². The second kappa shape index (κ2) is 6.70. The Kier molecular flexibility index (Phi) is 4.42.